The number of benzene rings is 2. The second-order valence-corrected chi connectivity index (χ2v) is 17.7. The summed E-state index contributed by atoms with van der Waals surface area (Å²) in [6.07, 6.45) is 2.32. The van der Waals surface area contributed by atoms with Crippen LogP contribution < -0.4 is 26.0 Å². The lowest BCUT2D eigenvalue weighted by Gasteiger charge is -2.55. The Morgan fingerprint density at radius 2 is 1.75 bits per heavy atom. The number of halogens is 3. The molecular formula is C42H45F3N8O5S. The number of aryl methyl sites for hydroxylation is 1. The van der Waals surface area contributed by atoms with Gasteiger partial charge in [0.15, 0.2) is 0 Å². The van der Waals surface area contributed by atoms with Gasteiger partial charge in [-0.2, -0.15) is 13.2 Å². The maximum absolute atomic E-state index is 13.5. The second-order valence-electron chi connectivity index (χ2n) is 16.6. The molecule has 4 fully saturated rings. The first-order valence-corrected chi connectivity index (χ1v) is 21.0. The van der Waals surface area contributed by atoms with Gasteiger partial charge in [0, 0.05) is 58.2 Å². The highest BCUT2D eigenvalue weighted by atomic mass is 32.1. The molecule has 1 saturated carbocycles. The van der Waals surface area contributed by atoms with Crippen LogP contribution in [-0.4, -0.2) is 81.6 Å². The molecule has 13 nitrogen and oxygen atoms in total. The Balaban J connectivity index is 0.783. The number of ether oxygens (including phenoxy) is 1. The molecule has 1 aliphatic carbocycles. The molecule has 59 heavy (non-hydrogen) atoms. The van der Waals surface area contributed by atoms with E-state index in [1.807, 2.05) is 12.1 Å². The average molecular weight is 831 g/mol. The molecule has 1 atom stereocenters. The lowest BCUT2D eigenvalue weighted by atomic mass is 9.71. The van der Waals surface area contributed by atoms with Crippen LogP contribution in [0.5, 0.6) is 5.75 Å². The third-order valence-corrected chi connectivity index (χ3v) is 14.0. The molecule has 17 heteroatoms. The van der Waals surface area contributed by atoms with Crippen LogP contribution in [0.2, 0.25) is 0 Å². The number of nitrogens with zero attached hydrogens (tertiary/aromatic N) is 6. The topological polar surface area (TPSA) is 144 Å². The number of hydrogen-bond donors (Lipinski definition) is 2. The van der Waals surface area contributed by atoms with Crippen molar-refractivity contribution in [3.8, 4) is 5.75 Å². The Morgan fingerprint density at radius 3 is 2.46 bits per heavy atom. The smallest absolute Gasteiger partial charge is 0.433 e. The van der Waals surface area contributed by atoms with Gasteiger partial charge in [0.05, 0.1) is 44.7 Å². The SMILES string of the molecule is COc1cc2nc(C3CCC(CN4CC5(CCN(c6cccc7c6n(C)c(=O)n7C6CCC(=O)NC6=O)CC5)C4)CC3)sc2cc1NC(=O)c1cccc(C(F)(F)F)n1. The van der Waals surface area contributed by atoms with Gasteiger partial charge in [-0.3, -0.25) is 28.8 Å². The number of amides is 3. The van der Waals surface area contributed by atoms with Crippen LogP contribution in [0.4, 0.5) is 24.5 Å². The largest absolute Gasteiger partial charge is 0.494 e. The Kier molecular flexibility index (Phi) is 10.0. The fourth-order valence-electron chi connectivity index (χ4n) is 9.75. The number of carbonyl (C=O) groups is 3. The molecule has 3 aromatic heterocycles. The lowest BCUT2D eigenvalue weighted by Crippen LogP contribution is -2.61. The van der Waals surface area contributed by atoms with Crippen LogP contribution in [0.3, 0.4) is 0 Å². The summed E-state index contributed by atoms with van der Waals surface area (Å²) in [5.74, 6) is -0.183. The average Bonchev–Trinajstić information content (AvgIpc) is 3.74. The maximum atomic E-state index is 13.5. The van der Waals surface area contributed by atoms with Gasteiger partial charge in [-0.05, 0) is 86.6 Å². The molecule has 3 saturated heterocycles. The van der Waals surface area contributed by atoms with E-state index in [0.717, 1.165) is 110 Å². The number of piperidine rings is 2. The number of nitrogens with one attached hydrogen (secondary N) is 2. The van der Waals surface area contributed by atoms with E-state index in [0.29, 0.717) is 40.6 Å². The molecule has 9 rings (SSSR count). The number of carbonyl (C=O) groups excluding carboxylic acids is 3. The number of methoxy groups -OCH3 is 1. The number of fused-ring (bicyclic) bond motifs is 2. The van der Waals surface area contributed by atoms with Gasteiger partial charge in [0.25, 0.3) is 5.91 Å². The molecule has 5 aromatic rings. The van der Waals surface area contributed by atoms with E-state index in [2.05, 4.69) is 31.5 Å². The summed E-state index contributed by atoms with van der Waals surface area (Å²) in [6, 6.07) is 11.9. The van der Waals surface area contributed by atoms with Gasteiger partial charge in [-0.1, -0.05) is 12.1 Å². The molecular weight excluding hydrogens is 786 g/mol. The highest BCUT2D eigenvalue weighted by Crippen LogP contribution is 2.45. The highest BCUT2D eigenvalue weighted by Gasteiger charge is 2.46. The number of aromatic nitrogens is 4. The number of hydrogen-bond acceptors (Lipinski definition) is 10. The van der Waals surface area contributed by atoms with Crippen LogP contribution in [0.25, 0.3) is 21.3 Å². The first-order valence-electron chi connectivity index (χ1n) is 20.1. The lowest BCUT2D eigenvalue weighted by molar-refractivity contribution is -0.141. The van der Waals surface area contributed by atoms with E-state index in [4.69, 9.17) is 9.72 Å². The molecule has 4 aliphatic rings. The van der Waals surface area contributed by atoms with Crippen molar-refractivity contribution in [2.75, 3.05) is 50.1 Å². The maximum Gasteiger partial charge on any atom is 0.433 e. The van der Waals surface area contributed by atoms with Crippen LogP contribution in [0.1, 0.15) is 84.5 Å². The summed E-state index contributed by atoms with van der Waals surface area (Å²) >= 11 is 1.58. The molecule has 0 bridgehead atoms. The number of rotatable bonds is 8. The van der Waals surface area contributed by atoms with Crippen molar-refractivity contribution >= 4 is 61.7 Å². The molecule has 6 heterocycles. The number of para-hydroxylation sites is 1. The standard InChI is InChI=1S/C42H45F3N8O5S/c1-50-36-29(6-4-7-30(36)53(40(50)57)31-13-14-35(54)49-38(31)56)52-17-15-41(16-18-52)22-51(23-41)21-24-9-11-25(12-10-24)39-48-28-19-32(58-2)27(20-33(28)59-39)47-37(55)26-5-3-8-34(46-26)42(43,44)45/h3-8,19-20,24-25,31H,9-18,21-23H2,1-2H3,(H,47,55)(H,49,54,56). The van der Waals surface area contributed by atoms with Crippen molar-refractivity contribution in [3.05, 3.63) is 75.4 Å². The van der Waals surface area contributed by atoms with Gasteiger partial charge in [0.1, 0.15) is 23.2 Å². The minimum Gasteiger partial charge on any atom is -0.494 e. The quantitative estimate of drug-likeness (QED) is 0.168. The molecule has 1 spiro atoms. The number of anilines is 2. The Morgan fingerprint density at radius 1 is 1.00 bits per heavy atom. The fourth-order valence-corrected chi connectivity index (χ4v) is 10.9. The normalized spacial score (nSPS) is 22.5. The highest BCUT2D eigenvalue weighted by molar-refractivity contribution is 7.18. The molecule has 0 radical (unpaired) electrons. The number of imide groups is 1. The fraction of sp³-hybridized carbons (Fsp3) is 0.476. The second kappa shape index (κ2) is 15.1. The monoisotopic (exact) mass is 830 g/mol. The van der Waals surface area contributed by atoms with Crippen LogP contribution in [0.15, 0.2) is 53.3 Å². The molecule has 3 amide bonds. The van der Waals surface area contributed by atoms with Gasteiger partial charge < -0.3 is 19.9 Å². The molecule has 3 aliphatic heterocycles. The minimum atomic E-state index is -4.66. The van der Waals surface area contributed by atoms with Crippen molar-refractivity contribution in [2.24, 2.45) is 18.4 Å². The predicted molar refractivity (Wildman–Crippen MR) is 217 cm³/mol. The van der Waals surface area contributed by atoms with Crippen molar-refractivity contribution < 1.29 is 32.3 Å². The molecule has 310 valence electrons. The molecule has 1 unspecified atom stereocenters. The van der Waals surface area contributed by atoms with E-state index >= 15 is 0 Å². The van der Waals surface area contributed by atoms with Crippen molar-refractivity contribution in [1.82, 2.24) is 29.3 Å². The molecule has 2 N–H and O–H groups in total. The summed E-state index contributed by atoms with van der Waals surface area (Å²) in [7, 11) is 3.22. The van der Waals surface area contributed by atoms with Crippen molar-refractivity contribution in [1.29, 1.82) is 0 Å². The Labute approximate surface area is 341 Å². The summed E-state index contributed by atoms with van der Waals surface area (Å²) in [6.45, 7) is 5.07. The van der Waals surface area contributed by atoms with E-state index in [9.17, 15) is 32.3 Å². The van der Waals surface area contributed by atoms with E-state index in [1.54, 1.807) is 39.7 Å². The van der Waals surface area contributed by atoms with Gasteiger partial charge in [-0.25, -0.2) is 14.8 Å². The number of pyridine rings is 1. The number of imidazole rings is 1. The number of likely N-dealkylation sites (tertiary alicyclic amines) is 1. The van der Waals surface area contributed by atoms with Crippen LogP contribution in [0, 0.1) is 11.3 Å². The summed E-state index contributed by atoms with van der Waals surface area (Å²) < 4.78 is 49.1. The van der Waals surface area contributed by atoms with Gasteiger partial charge >= 0.3 is 11.9 Å². The first kappa shape index (κ1) is 39.2. The zero-order valence-corrected chi connectivity index (χ0v) is 33.6. The van der Waals surface area contributed by atoms with Gasteiger partial charge in [0.2, 0.25) is 11.8 Å². The summed E-state index contributed by atoms with van der Waals surface area (Å²) in [4.78, 5) is 64.3. The minimum absolute atomic E-state index is 0.207. The van der Waals surface area contributed by atoms with E-state index in [-0.39, 0.29) is 23.7 Å². The van der Waals surface area contributed by atoms with E-state index < -0.39 is 29.7 Å². The third-order valence-electron chi connectivity index (χ3n) is 12.8. The van der Waals surface area contributed by atoms with Crippen molar-refractivity contribution in [2.45, 2.75) is 69.5 Å². The molecule has 2 aromatic carbocycles. The Hall–Kier alpha value is -5.29. The number of thiazole rings is 1. The summed E-state index contributed by atoms with van der Waals surface area (Å²) in [5, 5.41) is 6.11. The number of alkyl halides is 3. The zero-order chi connectivity index (χ0) is 41.2. The van der Waals surface area contributed by atoms with E-state index in [1.165, 1.54) is 13.2 Å². The third kappa shape index (κ3) is 7.36. The van der Waals surface area contributed by atoms with Crippen LogP contribution in [-0.2, 0) is 22.8 Å². The Bertz CT molecular complexity index is 2520. The van der Waals surface area contributed by atoms with Gasteiger partial charge in [-0.15, -0.1) is 11.3 Å². The zero-order valence-electron chi connectivity index (χ0n) is 32.8. The van der Waals surface area contributed by atoms with Crippen molar-refractivity contribution in [3.63, 3.8) is 0 Å². The summed E-state index contributed by atoms with van der Waals surface area (Å²) in [5.41, 5.74) is 2.20. The predicted octanol–water partition coefficient (Wildman–Crippen LogP) is 6.48. The first-order chi connectivity index (χ1) is 28.3. The van der Waals surface area contributed by atoms with Crippen LogP contribution >= 0.6 is 11.3 Å².